The van der Waals surface area contributed by atoms with Gasteiger partial charge in [0.05, 0.1) is 6.04 Å². The number of nitrogens with zero attached hydrogens (tertiary/aromatic N) is 1. The highest BCUT2D eigenvalue weighted by Gasteiger charge is 2.28. The van der Waals surface area contributed by atoms with Gasteiger partial charge in [-0.3, -0.25) is 9.88 Å². The van der Waals surface area contributed by atoms with Crippen molar-refractivity contribution in [3.63, 3.8) is 0 Å². The number of amides is 1. The third kappa shape index (κ3) is 2.72. The molecule has 72 valence electrons. The van der Waals surface area contributed by atoms with Crippen molar-refractivity contribution in [2.45, 2.75) is 33.2 Å². The first-order valence-electron chi connectivity index (χ1n) is 4.54. The van der Waals surface area contributed by atoms with Crippen molar-refractivity contribution in [3.05, 3.63) is 0 Å². The molecule has 1 rings (SSSR count). The Kier molecular flexibility index (Phi) is 6.31. The molecule has 12 heavy (non-hydrogen) atoms. The molecule has 2 unspecified atom stereocenters. The molecule has 1 fully saturated rings. The first kappa shape index (κ1) is 11.9. The summed E-state index contributed by atoms with van der Waals surface area (Å²) in [5.74, 6) is 0.234. The highest BCUT2D eigenvalue weighted by molar-refractivity contribution is 7.13. The van der Waals surface area contributed by atoms with E-state index in [0.29, 0.717) is 0 Å². The summed E-state index contributed by atoms with van der Waals surface area (Å²) in [4.78, 5) is 13.1. The number of likely N-dealkylation sites (tertiary alicyclic amines) is 1. The van der Waals surface area contributed by atoms with E-state index in [2.05, 4.69) is 14.5 Å². The molecule has 1 aliphatic heterocycles. The zero-order valence-corrected chi connectivity index (χ0v) is 9.29. The lowest BCUT2D eigenvalue weighted by Crippen LogP contribution is -2.33. The Labute approximate surface area is 77.2 Å². The smallest absolute Gasteiger partial charge is 0.240 e. The highest BCUT2D eigenvalue weighted by atomic mass is 31.0. The molecular formula is C8H19N2OP. The average molecular weight is 190 g/mol. The maximum Gasteiger partial charge on any atom is 0.240 e. The van der Waals surface area contributed by atoms with Crippen molar-refractivity contribution in [1.29, 1.82) is 0 Å². The fourth-order valence-corrected chi connectivity index (χ4v) is 1.52. The molecule has 1 heterocycles. The van der Waals surface area contributed by atoms with Crippen LogP contribution in [0.4, 0.5) is 0 Å². The SMILES string of the molecule is CC.CCN1CCC(NP)C1=O. The standard InChI is InChI=1S/C6H13N2OP.C2H6/c1-2-8-4-3-5(7-10)6(8)9;1-2/h5,7H,2-4,10H2,1H3;1-2H3. The third-order valence-electron chi connectivity index (χ3n) is 1.88. The summed E-state index contributed by atoms with van der Waals surface area (Å²) in [5, 5.41) is 2.90. The van der Waals surface area contributed by atoms with E-state index in [0.717, 1.165) is 19.5 Å². The van der Waals surface area contributed by atoms with Crippen LogP contribution in [0.25, 0.3) is 0 Å². The van der Waals surface area contributed by atoms with Crippen molar-refractivity contribution in [2.24, 2.45) is 0 Å². The van der Waals surface area contributed by atoms with Gasteiger partial charge in [0.1, 0.15) is 0 Å². The number of carbonyl (C=O) groups is 1. The third-order valence-corrected chi connectivity index (χ3v) is 2.28. The topological polar surface area (TPSA) is 32.3 Å². The highest BCUT2D eigenvalue weighted by Crippen LogP contribution is 2.10. The van der Waals surface area contributed by atoms with Crippen LogP contribution in [0.15, 0.2) is 0 Å². The van der Waals surface area contributed by atoms with E-state index in [4.69, 9.17) is 0 Å². The number of rotatable bonds is 2. The fraction of sp³-hybridized carbons (Fsp3) is 0.875. The Morgan fingerprint density at radius 2 is 2.25 bits per heavy atom. The summed E-state index contributed by atoms with van der Waals surface area (Å²) < 4.78 is 0. The summed E-state index contributed by atoms with van der Waals surface area (Å²) in [6.45, 7) is 7.74. The Balaban J connectivity index is 0.000000561. The minimum absolute atomic E-state index is 0.0462. The molecule has 2 atom stereocenters. The van der Waals surface area contributed by atoms with Crippen molar-refractivity contribution < 1.29 is 4.79 Å². The summed E-state index contributed by atoms with van der Waals surface area (Å²) in [7, 11) is 2.39. The predicted molar refractivity (Wildman–Crippen MR) is 54.9 cm³/mol. The monoisotopic (exact) mass is 190 g/mol. The molecule has 0 aromatic heterocycles. The molecule has 1 aliphatic rings. The molecule has 0 spiro atoms. The van der Waals surface area contributed by atoms with Crippen LogP contribution < -0.4 is 5.09 Å². The number of hydrogen-bond acceptors (Lipinski definition) is 2. The van der Waals surface area contributed by atoms with Gasteiger partial charge in [0.25, 0.3) is 0 Å². The van der Waals surface area contributed by atoms with Crippen molar-refractivity contribution in [3.8, 4) is 0 Å². The molecular weight excluding hydrogens is 171 g/mol. The van der Waals surface area contributed by atoms with E-state index >= 15 is 0 Å². The predicted octanol–water partition coefficient (Wildman–Crippen LogP) is 1.01. The molecule has 0 aromatic carbocycles. The molecule has 0 aliphatic carbocycles. The second kappa shape index (κ2) is 6.38. The number of carbonyl (C=O) groups excluding carboxylic acids is 1. The first-order chi connectivity index (χ1) is 5.79. The lowest BCUT2D eigenvalue weighted by atomic mass is 10.3. The van der Waals surface area contributed by atoms with Crippen molar-refractivity contribution in [1.82, 2.24) is 9.99 Å². The van der Waals surface area contributed by atoms with E-state index in [-0.39, 0.29) is 11.9 Å². The molecule has 3 nitrogen and oxygen atoms in total. The molecule has 0 bridgehead atoms. The fourth-order valence-electron chi connectivity index (χ4n) is 1.21. The van der Waals surface area contributed by atoms with Gasteiger partial charge in [-0.1, -0.05) is 23.2 Å². The summed E-state index contributed by atoms with van der Waals surface area (Å²) in [6.07, 6.45) is 0.941. The van der Waals surface area contributed by atoms with Crippen LogP contribution in [0, 0.1) is 0 Å². The Morgan fingerprint density at radius 1 is 1.67 bits per heavy atom. The molecule has 0 saturated carbocycles. The van der Waals surface area contributed by atoms with Gasteiger partial charge in [-0.25, -0.2) is 0 Å². The Bertz CT molecular complexity index is 127. The van der Waals surface area contributed by atoms with Gasteiger partial charge >= 0.3 is 0 Å². The van der Waals surface area contributed by atoms with Crippen LogP contribution in [0.2, 0.25) is 0 Å². The van der Waals surface area contributed by atoms with Crippen molar-refractivity contribution >= 4 is 15.3 Å². The second-order valence-corrected chi connectivity index (χ2v) is 2.76. The minimum atomic E-state index is 0.0462. The average Bonchev–Trinajstić information content (AvgIpc) is 2.49. The van der Waals surface area contributed by atoms with E-state index in [1.54, 1.807) is 0 Å². The van der Waals surface area contributed by atoms with Crippen LogP contribution in [-0.2, 0) is 4.79 Å². The molecule has 4 heteroatoms. The number of likely N-dealkylation sites (N-methyl/N-ethyl adjacent to an activating group) is 1. The molecule has 0 aromatic rings. The molecule has 1 amide bonds. The van der Waals surface area contributed by atoms with Gasteiger partial charge in [-0.05, 0) is 13.3 Å². The van der Waals surface area contributed by atoms with Gasteiger partial charge in [0.15, 0.2) is 0 Å². The molecule has 1 N–H and O–H groups in total. The quantitative estimate of drug-likeness (QED) is 0.659. The van der Waals surface area contributed by atoms with Gasteiger partial charge in [0, 0.05) is 13.1 Å². The second-order valence-electron chi connectivity index (χ2n) is 2.43. The maximum atomic E-state index is 11.2. The van der Waals surface area contributed by atoms with Gasteiger partial charge in [0.2, 0.25) is 5.91 Å². The van der Waals surface area contributed by atoms with Gasteiger partial charge in [-0.15, -0.1) is 0 Å². The lowest BCUT2D eigenvalue weighted by molar-refractivity contribution is -0.128. The number of nitrogens with one attached hydrogen (secondary N) is 1. The van der Waals surface area contributed by atoms with Gasteiger partial charge < -0.3 is 4.90 Å². The Hall–Kier alpha value is -0.140. The van der Waals surface area contributed by atoms with E-state index in [9.17, 15) is 4.79 Å². The van der Waals surface area contributed by atoms with Crippen LogP contribution in [0.1, 0.15) is 27.2 Å². The van der Waals surface area contributed by atoms with Crippen molar-refractivity contribution in [2.75, 3.05) is 13.1 Å². The molecule has 0 radical (unpaired) electrons. The zero-order valence-electron chi connectivity index (χ0n) is 8.13. The Morgan fingerprint density at radius 3 is 2.50 bits per heavy atom. The summed E-state index contributed by atoms with van der Waals surface area (Å²) in [5.41, 5.74) is 0. The first-order valence-corrected chi connectivity index (χ1v) is 5.12. The maximum absolute atomic E-state index is 11.2. The lowest BCUT2D eigenvalue weighted by Gasteiger charge is -2.12. The normalized spacial score (nSPS) is 22.2. The van der Waals surface area contributed by atoms with Crippen LogP contribution >= 0.6 is 9.39 Å². The molecule has 1 saturated heterocycles. The zero-order chi connectivity index (χ0) is 9.56. The minimum Gasteiger partial charge on any atom is -0.342 e. The number of hydrogen-bond donors (Lipinski definition) is 1. The van der Waals surface area contributed by atoms with Crippen LogP contribution in [0.5, 0.6) is 0 Å². The largest absolute Gasteiger partial charge is 0.342 e. The van der Waals surface area contributed by atoms with E-state index in [1.165, 1.54) is 0 Å². The van der Waals surface area contributed by atoms with Crippen LogP contribution in [-0.4, -0.2) is 29.9 Å². The van der Waals surface area contributed by atoms with E-state index < -0.39 is 0 Å². The van der Waals surface area contributed by atoms with E-state index in [1.807, 2.05) is 25.7 Å². The van der Waals surface area contributed by atoms with Gasteiger partial charge in [-0.2, -0.15) is 0 Å². The summed E-state index contributed by atoms with van der Waals surface area (Å²) in [6, 6.07) is 0.0462. The summed E-state index contributed by atoms with van der Waals surface area (Å²) >= 11 is 0. The van der Waals surface area contributed by atoms with Crippen LogP contribution in [0.3, 0.4) is 0 Å².